The van der Waals surface area contributed by atoms with Crippen molar-refractivity contribution in [2.24, 2.45) is 11.1 Å². The van der Waals surface area contributed by atoms with E-state index in [1.54, 1.807) is 11.3 Å². The van der Waals surface area contributed by atoms with Gasteiger partial charge in [-0.2, -0.15) is 0 Å². The summed E-state index contributed by atoms with van der Waals surface area (Å²) in [4.78, 5) is 18.0. The van der Waals surface area contributed by atoms with Gasteiger partial charge in [-0.05, 0) is 26.7 Å². The van der Waals surface area contributed by atoms with Crippen molar-refractivity contribution in [3.8, 4) is 0 Å². The lowest BCUT2D eigenvalue weighted by molar-refractivity contribution is -0.136. The number of thiazole rings is 1. The maximum atomic E-state index is 12.3. The highest BCUT2D eigenvalue weighted by molar-refractivity contribution is 7.11. The molecule has 2 heterocycles. The van der Waals surface area contributed by atoms with Gasteiger partial charge in [0.15, 0.2) is 0 Å². The smallest absolute Gasteiger partial charge is 0.228 e. The van der Waals surface area contributed by atoms with Crippen LogP contribution in [0.15, 0.2) is 0 Å². The number of nitrogens with one attached hydrogen (secondary N) is 1. The number of ether oxygens (including phenoxy) is 1. The van der Waals surface area contributed by atoms with Crippen molar-refractivity contribution >= 4 is 42.1 Å². The number of rotatable bonds is 4. The minimum atomic E-state index is -0.459. The molecule has 1 saturated heterocycles. The van der Waals surface area contributed by atoms with Crippen molar-refractivity contribution in [3.05, 3.63) is 15.6 Å². The van der Waals surface area contributed by atoms with Crippen LogP contribution in [0.4, 0.5) is 0 Å². The first-order chi connectivity index (χ1) is 9.07. The quantitative estimate of drug-likeness (QED) is 0.865. The van der Waals surface area contributed by atoms with E-state index in [1.165, 1.54) is 4.88 Å². The molecule has 1 aromatic rings. The molecule has 1 aliphatic rings. The Labute approximate surface area is 141 Å². The number of nitrogens with zero attached hydrogens (tertiary/aromatic N) is 1. The molecule has 21 heavy (non-hydrogen) atoms. The van der Waals surface area contributed by atoms with Crippen LogP contribution >= 0.6 is 36.2 Å². The fourth-order valence-electron chi connectivity index (χ4n) is 2.24. The zero-order chi connectivity index (χ0) is 13.9. The number of halogens is 2. The lowest BCUT2D eigenvalue weighted by Crippen LogP contribution is -2.48. The number of carbonyl (C=O) groups is 1. The second-order valence-electron chi connectivity index (χ2n) is 5.03. The Bertz CT molecular complexity index is 443. The average Bonchev–Trinajstić information content (AvgIpc) is 2.76. The summed E-state index contributed by atoms with van der Waals surface area (Å²) in [6.45, 7) is 6.11. The van der Waals surface area contributed by atoms with E-state index in [-0.39, 0.29) is 30.7 Å². The molecule has 3 N–H and O–H groups in total. The van der Waals surface area contributed by atoms with Crippen LogP contribution in [0.1, 0.15) is 28.4 Å². The Hall–Kier alpha value is -0.400. The van der Waals surface area contributed by atoms with E-state index < -0.39 is 5.41 Å². The van der Waals surface area contributed by atoms with Crippen molar-refractivity contribution in [2.75, 3.05) is 19.8 Å². The van der Waals surface area contributed by atoms with Crippen LogP contribution in [0, 0.1) is 19.3 Å². The number of nitrogens with two attached hydrogens (primary N) is 1. The molecule has 0 radical (unpaired) electrons. The fourth-order valence-corrected chi connectivity index (χ4v) is 3.12. The molecular formula is C13H23Cl2N3O2S. The first-order valence-electron chi connectivity index (χ1n) is 6.56. The third-order valence-corrected chi connectivity index (χ3v) is 4.87. The molecule has 0 aliphatic carbocycles. The molecule has 0 unspecified atom stereocenters. The highest BCUT2D eigenvalue weighted by Crippen LogP contribution is 2.29. The second-order valence-corrected chi connectivity index (χ2v) is 6.32. The lowest BCUT2D eigenvalue weighted by atomic mass is 9.79. The summed E-state index contributed by atoms with van der Waals surface area (Å²) in [7, 11) is 0. The number of carbonyl (C=O) groups excluding carboxylic acids is 1. The van der Waals surface area contributed by atoms with E-state index >= 15 is 0 Å². The lowest BCUT2D eigenvalue weighted by Gasteiger charge is -2.34. The molecule has 2 rings (SSSR count). The third kappa shape index (κ3) is 4.79. The number of aryl methyl sites for hydroxylation is 2. The highest BCUT2D eigenvalue weighted by atomic mass is 35.5. The van der Waals surface area contributed by atoms with E-state index in [0.717, 1.165) is 10.7 Å². The van der Waals surface area contributed by atoms with Crippen LogP contribution in [-0.2, 0) is 16.1 Å². The standard InChI is InChI=1S/C13H21N3O2S.2ClH/c1-9-10(2)19-11(16-9)7-15-12(17)13(8-14)3-5-18-6-4-13;;/h3-8,14H2,1-2H3,(H,15,17);2*1H. The van der Waals surface area contributed by atoms with Gasteiger partial charge >= 0.3 is 0 Å². The molecule has 0 saturated carbocycles. The summed E-state index contributed by atoms with van der Waals surface area (Å²) in [6, 6.07) is 0. The summed E-state index contributed by atoms with van der Waals surface area (Å²) < 4.78 is 5.31. The van der Waals surface area contributed by atoms with Gasteiger partial charge in [0.25, 0.3) is 0 Å². The van der Waals surface area contributed by atoms with Gasteiger partial charge in [0.2, 0.25) is 5.91 Å². The summed E-state index contributed by atoms with van der Waals surface area (Å²) in [5.74, 6) is 0.0313. The number of aromatic nitrogens is 1. The predicted molar refractivity (Wildman–Crippen MR) is 89.5 cm³/mol. The number of amides is 1. The van der Waals surface area contributed by atoms with Gasteiger partial charge < -0.3 is 15.8 Å². The molecule has 1 aromatic heterocycles. The van der Waals surface area contributed by atoms with Crippen molar-refractivity contribution in [1.82, 2.24) is 10.3 Å². The van der Waals surface area contributed by atoms with E-state index in [1.807, 2.05) is 13.8 Å². The Morgan fingerprint density at radius 1 is 1.38 bits per heavy atom. The molecular weight excluding hydrogens is 333 g/mol. The molecule has 0 bridgehead atoms. The third-order valence-electron chi connectivity index (χ3n) is 3.80. The van der Waals surface area contributed by atoms with Crippen LogP contribution in [0.2, 0.25) is 0 Å². The summed E-state index contributed by atoms with van der Waals surface area (Å²) in [6.07, 6.45) is 1.40. The Morgan fingerprint density at radius 3 is 2.48 bits per heavy atom. The Morgan fingerprint density at radius 2 is 2.00 bits per heavy atom. The highest BCUT2D eigenvalue weighted by Gasteiger charge is 2.38. The zero-order valence-corrected chi connectivity index (χ0v) is 14.8. The minimum absolute atomic E-state index is 0. The van der Waals surface area contributed by atoms with Gasteiger partial charge in [-0.1, -0.05) is 0 Å². The van der Waals surface area contributed by atoms with Gasteiger partial charge in [0.05, 0.1) is 17.7 Å². The molecule has 1 aliphatic heterocycles. The minimum Gasteiger partial charge on any atom is -0.381 e. The van der Waals surface area contributed by atoms with Gasteiger partial charge in [0.1, 0.15) is 5.01 Å². The van der Waals surface area contributed by atoms with E-state index in [4.69, 9.17) is 10.5 Å². The monoisotopic (exact) mass is 355 g/mol. The summed E-state index contributed by atoms with van der Waals surface area (Å²) >= 11 is 1.63. The Kier molecular flexibility index (Phi) is 8.73. The summed E-state index contributed by atoms with van der Waals surface area (Å²) in [5, 5.41) is 3.92. The largest absolute Gasteiger partial charge is 0.381 e. The first kappa shape index (κ1) is 20.6. The predicted octanol–water partition coefficient (Wildman–Crippen LogP) is 1.98. The topological polar surface area (TPSA) is 77.2 Å². The van der Waals surface area contributed by atoms with E-state index in [9.17, 15) is 4.79 Å². The van der Waals surface area contributed by atoms with Crippen molar-refractivity contribution in [2.45, 2.75) is 33.2 Å². The molecule has 0 aromatic carbocycles. The Balaban J connectivity index is 0.00000200. The van der Waals surface area contributed by atoms with Gasteiger partial charge in [-0.3, -0.25) is 4.79 Å². The molecule has 1 amide bonds. The van der Waals surface area contributed by atoms with Crippen LogP contribution in [0.5, 0.6) is 0 Å². The van der Waals surface area contributed by atoms with Crippen LogP contribution in [0.25, 0.3) is 0 Å². The van der Waals surface area contributed by atoms with Crippen LogP contribution in [0.3, 0.4) is 0 Å². The molecule has 1 fully saturated rings. The normalized spacial score (nSPS) is 16.5. The van der Waals surface area contributed by atoms with Crippen molar-refractivity contribution < 1.29 is 9.53 Å². The van der Waals surface area contributed by atoms with Crippen LogP contribution < -0.4 is 11.1 Å². The SMILES string of the molecule is Cc1nc(CNC(=O)C2(CN)CCOCC2)sc1C.Cl.Cl. The molecule has 8 heteroatoms. The van der Waals surface area contributed by atoms with Crippen molar-refractivity contribution in [1.29, 1.82) is 0 Å². The van der Waals surface area contributed by atoms with Gasteiger partial charge in [-0.15, -0.1) is 36.2 Å². The maximum Gasteiger partial charge on any atom is 0.228 e. The van der Waals surface area contributed by atoms with Gasteiger partial charge in [0, 0.05) is 24.6 Å². The molecule has 122 valence electrons. The maximum absolute atomic E-state index is 12.3. The second kappa shape index (κ2) is 8.90. The number of hydrogen-bond acceptors (Lipinski definition) is 5. The zero-order valence-electron chi connectivity index (χ0n) is 12.3. The molecule has 0 atom stereocenters. The van der Waals surface area contributed by atoms with E-state index in [2.05, 4.69) is 10.3 Å². The first-order valence-corrected chi connectivity index (χ1v) is 7.38. The molecule has 0 spiro atoms. The van der Waals surface area contributed by atoms with Gasteiger partial charge in [-0.25, -0.2) is 4.98 Å². The number of hydrogen-bond donors (Lipinski definition) is 2. The average molecular weight is 356 g/mol. The van der Waals surface area contributed by atoms with Crippen molar-refractivity contribution in [3.63, 3.8) is 0 Å². The molecule has 5 nitrogen and oxygen atoms in total. The summed E-state index contributed by atoms with van der Waals surface area (Å²) in [5.41, 5.74) is 6.38. The fraction of sp³-hybridized carbons (Fsp3) is 0.692. The van der Waals surface area contributed by atoms with Crippen LogP contribution in [-0.4, -0.2) is 30.6 Å². The van der Waals surface area contributed by atoms with E-state index in [0.29, 0.717) is 39.1 Å².